The first-order chi connectivity index (χ1) is 12.1. The van der Waals surface area contributed by atoms with Crippen LogP contribution in [-0.2, 0) is 12.8 Å². The zero-order valence-electron chi connectivity index (χ0n) is 14.9. The second-order valence-electron chi connectivity index (χ2n) is 6.33. The maximum atomic E-state index is 11.0. The monoisotopic (exact) mass is 341 g/mol. The van der Waals surface area contributed by atoms with Crippen LogP contribution in [0.3, 0.4) is 0 Å². The first kappa shape index (κ1) is 18.9. The normalized spacial score (nSPS) is 11.0. The molecule has 25 heavy (non-hydrogen) atoms. The van der Waals surface area contributed by atoms with Gasteiger partial charge in [0.05, 0.1) is 4.92 Å². The number of hydrogen-bond acceptors (Lipinski definition) is 4. The summed E-state index contributed by atoms with van der Waals surface area (Å²) in [5, 5.41) is 11.0. The number of hydrogen-bond donors (Lipinski definition) is 1. The molecule has 2 aromatic carbocycles. The molecule has 0 bridgehead atoms. The van der Waals surface area contributed by atoms with Gasteiger partial charge < -0.3 is 10.6 Å². The van der Waals surface area contributed by atoms with Crippen molar-refractivity contribution in [2.75, 3.05) is 25.4 Å². The van der Waals surface area contributed by atoms with Gasteiger partial charge >= 0.3 is 0 Å². The number of rotatable bonds is 10. The number of anilines is 1. The molecular formula is C20H27N3O2. The van der Waals surface area contributed by atoms with Crippen molar-refractivity contribution in [1.82, 2.24) is 4.90 Å². The van der Waals surface area contributed by atoms with E-state index in [1.165, 1.54) is 5.56 Å². The molecule has 2 aromatic rings. The molecular weight excluding hydrogens is 314 g/mol. The lowest BCUT2D eigenvalue weighted by Gasteiger charge is -2.21. The Morgan fingerprint density at radius 1 is 1.00 bits per heavy atom. The minimum Gasteiger partial charge on any atom is -0.393 e. The third-order valence-corrected chi connectivity index (χ3v) is 4.33. The lowest BCUT2D eigenvalue weighted by Crippen LogP contribution is -2.28. The summed E-state index contributed by atoms with van der Waals surface area (Å²) in [7, 11) is 0. The van der Waals surface area contributed by atoms with Gasteiger partial charge in [-0.2, -0.15) is 0 Å². The second kappa shape index (κ2) is 9.79. The van der Waals surface area contributed by atoms with E-state index >= 15 is 0 Å². The molecule has 2 N–H and O–H groups in total. The van der Waals surface area contributed by atoms with Crippen LogP contribution < -0.4 is 5.73 Å². The highest BCUT2D eigenvalue weighted by atomic mass is 16.6. The summed E-state index contributed by atoms with van der Waals surface area (Å²) in [4.78, 5) is 13.0. The van der Waals surface area contributed by atoms with Crippen LogP contribution in [0.1, 0.15) is 30.9 Å². The molecule has 0 saturated heterocycles. The first-order valence-electron chi connectivity index (χ1n) is 8.89. The van der Waals surface area contributed by atoms with Crippen molar-refractivity contribution in [2.45, 2.75) is 32.6 Å². The molecule has 0 aliphatic heterocycles. The predicted molar refractivity (Wildman–Crippen MR) is 103 cm³/mol. The molecule has 0 amide bonds. The van der Waals surface area contributed by atoms with Crippen molar-refractivity contribution in [3.63, 3.8) is 0 Å². The number of nitro benzene ring substituents is 1. The van der Waals surface area contributed by atoms with E-state index in [2.05, 4.69) is 36.1 Å². The highest BCUT2D eigenvalue weighted by Crippen LogP contribution is 2.22. The molecule has 0 heterocycles. The molecule has 134 valence electrons. The van der Waals surface area contributed by atoms with E-state index in [1.807, 2.05) is 12.1 Å². The van der Waals surface area contributed by atoms with Crippen LogP contribution in [0, 0.1) is 10.1 Å². The minimum absolute atomic E-state index is 0.00335. The van der Waals surface area contributed by atoms with Crippen LogP contribution >= 0.6 is 0 Å². The average Bonchev–Trinajstić information content (AvgIpc) is 2.61. The van der Waals surface area contributed by atoms with Gasteiger partial charge in [-0.05, 0) is 56.0 Å². The zero-order chi connectivity index (χ0) is 18.1. The minimum atomic E-state index is -0.414. The standard InChI is InChI=1S/C20H27N3O2/c1-2-13-22(14-6-9-17-7-4-3-5-8-17)15-12-18-10-11-19(21)20(16-18)23(24)25/h3-5,7-8,10-11,16H,2,6,9,12-15,21H2,1H3. The van der Waals surface area contributed by atoms with Gasteiger partial charge in [0.15, 0.2) is 0 Å². The lowest BCUT2D eigenvalue weighted by molar-refractivity contribution is -0.384. The molecule has 0 saturated carbocycles. The molecule has 0 aromatic heterocycles. The van der Waals surface area contributed by atoms with E-state index < -0.39 is 4.92 Å². The van der Waals surface area contributed by atoms with Gasteiger partial charge in [-0.15, -0.1) is 0 Å². The van der Waals surface area contributed by atoms with Gasteiger partial charge in [0.1, 0.15) is 5.69 Å². The van der Waals surface area contributed by atoms with Crippen molar-refractivity contribution in [3.05, 3.63) is 69.8 Å². The average molecular weight is 341 g/mol. The van der Waals surface area contributed by atoms with E-state index in [9.17, 15) is 10.1 Å². The fourth-order valence-corrected chi connectivity index (χ4v) is 2.99. The highest BCUT2D eigenvalue weighted by molar-refractivity contribution is 5.59. The number of nitrogens with two attached hydrogens (primary N) is 1. The zero-order valence-corrected chi connectivity index (χ0v) is 14.9. The largest absolute Gasteiger partial charge is 0.393 e. The Morgan fingerprint density at radius 3 is 2.44 bits per heavy atom. The van der Waals surface area contributed by atoms with E-state index in [0.717, 1.165) is 50.9 Å². The number of nitrogens with zero attached hydrogens (tertiary/aromatic N) is 2. The Balaban J connectivity index is 1.86. The maximum absolute atomic E-state index is 11.0. The lowest BCUT2D eigenvalue weighted by atomic mass is 10.1. The van der Waals surface area contributed by atoms with Crippen LogP contribution in [0.4, 0.5) is 11.4 Å². The molecule has 0 atom stereocenters. The van der Waals surface area contributed by atoms with E-state index in [-0.39, 0.29) is 11.4 Å². The molecule has 0 aliphatic carbocycles. The molecule has 0 spiro atoms. The van der Waals surface area contributed by atoms with Crippen LogP contribution in [0.25, 0.3) is 0 Å². The quantitative estimate of drug-likeness (QED) is 0.402. The summed E-state index contributed by atoms with van der Waals surface area (Å²) < 4.78 is 0. The van der Waals surface area contributed by atoms with E-state index in [0.29, 0.717) is 0 Å². The van der Waals surface area contributed by atoms with Crippen molar-refractivity contribution in [1.29, 1.82) is 0 Å². The Hall–Kier alpha value is -2.40. The van der Waals surface area contributed by atoms with Crippen molar-refractivity contribution < 1.29 is 4.92 Å². The van der Waals surface area contributed by atoms with Gasteiger partial charge in [0.2, 0.25) is 0 Å². The van der Waals surface area contributed by atoms with Gasteiger partial charge in [-0.25, -0.2) is 0 Å². The van der Waals surface area contributed by atoms with Crippen LogP contribution in [-0.4, -0.2) is 29.5 Å². The summed E-state index contributed by atoms with van der Waals surface area (Å²) in [6.45, 7) is 5.17. The summed E-state index contributed by atoms with van der Waals surface area (Å²) >= 11 is 0. The third-order valence-electron chi connectivity index (χ3n) is 4.33. The molecule has 0 aliphatic rings. The number of nitro groups is 1. The highest BCUT2D eigenvalue weighted by Gasteiger charge is 2.12. The van der Waals surface area contributed by atoms with Crippen LogP contribution in [0.2, 0.25) is 0 Å². The summed E-state index contributed by atoms with van der Waals surface area (Å²) in [6, 6.07) is 15.6. The number of nitrogen functional groups attached to an aromatic ring is 1. The van der Waals surface area contributed by atoms with E-state index in [1.54, 1.807) is 12.1 Å². The second-order valence-corrected chi connectivity index (χ2v) is 6.33. The topological polar surface area (TPSA) is 72.4 Å². The Kier molecular flexibility index (Phi) is 7.41. The Morgan fingerprint density at radius 2 is 1.76 bits per heavy atom. The maximum Gasteiger partial charge on any atom is 0.292 e. The van der Waals surface area contributed by atoms with Gasteiger partial charge in [0, 0.05) is 12.6 Å². The number of aryl methyl sites for hydroxylation is 1. The Labute approximate surface area is 149 Å². The fraction of sp³-hybridized carbons (Fsp3) is 0.400. The van der Waals surface area contributed by atoms with Crippen LogP contribution in [0.15, 0.2) is 48.5 Å². The number of benzene rings is 2. The van der Waals surface area contributed by atoms with Crippen molar-refractivity contribution >= 4 is 11.4 Å². The van der Waals surface area contributed by atoms with Gasteiger partial charge in [-0.3, -0.25) is 10.1 Å². The molecule has 0 unspecified atom stereocenters. The van der Waals surface area contributed by atoms with E-state index in [4.69, 9.17) is 5.73 Å². The Bertz CT molecular complexity index is 674. The summed E-state index contributed by atoms with van der Waals surface area (Å²) in [5.41, 5.74) is 8.22. The van der Waals surface area contributed by atoms with Crippen molar-refractivity contribution in [2.24, 2.45) is 0 Å². The first-order valence-corrected chi connectivity index (χ1v) is 8.89. The molecule has 0 radical (unpaired) electrons. The van der Waals surface area contributed by atoms with Crippen molar-refractivity contribution in [3.8, 4) is 0 Å². The summed E-state index contributed by atoms with van der Waals surface area (Å²) in [6.07, 6.45) is 4.10. The smallest absolute Gasteiger partial charge is 0.292 e. The van der Waals surface area contributed by atoms with Gasteiger partial charge in [0.25, 0.3) is 5.69 Å². The predicted octanol–water partition coefficient (Wildman–Crippen LogP) is 4.06. The van der Waals surface area contributed by atoms with Gasteiger partial charge in [-0.1, -0.05) is 43.3 Å². The molecule has 2 rings (SSSR count). The molecule has 0 fully saturated rings. The molecule has 5 nitrogen and oxygen atoms in total. The van der Waals surface area contributed by atoms with Crippen LogP contribution in [0.5, 0.6) is 0 Å². The third kappa shape index (κ3) is 6.19. The summed E-state index contributed by atoms with van der Waals surface area (Å²) in [5.74, 6) is 0. The molecule has 5 heteroatoms. The fourth-order valence-electron chi connectivity index (χ4n) is 2.99. The SMILES string of the molecule is CCCN(CCCc1ccccc1)CCc1ccc(N)c([N+](=O)[O-])c1.